The average Bonchev–Trinajstić information content (AvgIpc) is 3.06. The number of hydrogen-bond donors (Lipinski definition) is 1. The number of aryl methyl sites for hydroxylation is 1. The summed E-state index contributed by atoms with van der Waals surface area (Å²) in [5, 5.41) is 7.59. The predicted molar refractivity (Wildman–Crippen MR) is 114 cm³/mol. The standard InChI is InChI=1S/C18H24F2N6.HI/c1-14-12-23-26(13-14)6-5-22-18(21-2)25-9-7-24(8-10-25)17-11-15(19)3-4-16(17)20;/h3-4,11-13H,5-10H2,1-2H3,(H,21,22);1H. The fourth-order valence-corrected chi connectivity index (χ4v) is 3.09. The second-order valence-corrected chi connectivity index (χ2v) is 6.32. The summed E-state index contributed by atoms with van der Waals surface area (Å²) in [5.74, 6) is 0.000259. The van der Waals surface area contributed by atoms with Gasteiger partial charge in [0.15, 0.2) is 5.96 Å². The first kappa shape index (κ1) is 21.4. The van der Waals surface area contributed by atoms with Gasteiger partial charge in [0.2, 0.25) is 0 Å². The number of aromatic nitrogens is 2. The zero-order valence-electron chi connectivity index (χ0n) is 15.5. The molecule has 1 aromatic carbocycles. The third-order valence-corrected chi connectivity index (χ3v) is 4.43. The van der Waals surface area contributed by atoms with E-state index in [9.17, 15) is 8.78 Å². The summed E-state index contributed by atoms with van der Waals surface area (Å²) in [5.41, 5.74) is 1.46. The Morgan fingerprint density at radius 2 is 1.96 bits per heavy atom. The highest BCUT2D eigenvalue weighted by molar-refractivity contribution is 14.0. The maximum Gasteiger partial charge on any atom is 0.193 e. The predicted octanol–water partition coefficient (Wildman–Crippen LogP) is 2.49. The number of guanidine groups is 1. The molecule has 0 bridgehead atoms. The van der Waals surface area contributed by atoms with Crippen LogP contribution >= 0.6 is 24.0 Å². The van der Waals surface area contributed by atoms with E-state index in [0.717, 1.165) is 24.1 Å². The molecule has 2 heterocycles. The number of nitrogens with zero attached hydrogens (tertiary/aromatic N) is 5. The minimum atomic E-state index is -0.421. The highest BCUT2D eigenvalue weighted by Crippen LogP contribution is 2.21. The molecule has 1 aliphatic heterocycles. The molecule has 3 rings (SSSR count). The molecule has 0 radical (unpaired) electrons. The quantitative estimate of drug-likeness (QED) is 0.407. The third kappa shape index (κ3) is 5.53. The fraction of sp³-hybridized carbons (Fsp3) is 0.444. The van der Waals surface area contributed by atoms with E-state index in [0.29, 0.717) is 38.4 Å². The zero-order valence-corrected chi connectivity index (χ0v) is 17.9. The summed E-state index contributed by atoms with van der Waals surface area (Å²) in [6, 6.07) is 3.57. The second kappa shape index (κ2) is 9.86. The van der Waals surface area contributed by atoms with Crippen LogP contribution in [0.3, 0.4) is 0 Å². The van der Waals surface area contributed by atoms with E-state index in [1.165, 1.54) is 12.1 Å². The number of nitrogens with one attached hydrogen (secondary N) is 1. The van der Waals surface area contributed by atoms with Crippen LogP contribution in [0.5, 0.6) is 0 Å². The first-order valence-electron chi connectivity index (χ1n) is 8.71. The fourth-order valence-electron chi connectivity index (χ4n) is 3.09. The van der Waals surface area contributed by atoms with Crippen LogP contribution in [0.25, 0.3) is 0 Å². The summed E-state index contributed by atoms with van der Waals surface area (Å²) in [6.45, 7) is 6.08. The molecule has 0 atom stereocenters. The molecular formula is C18H25F2IN6. The van der Waals surface area contributed by atoms with E-state index in [1.807, 2.05) is 28.9 Å². The van der Waals surface area contributed by atoms with E-state index >= 15 is 0 Å². The molecule has 0 amide bonds. The molecule has 0 saturated carbocycles. The van der Waals surface area contributed by atoms with Crippen molar-refractivity contribution >= 4 is 35.6 Å². The third-order valence-electron chi connectivity index (χ3n) is 4.43. The lowest BCUT2D eigenvalue weighted by molar-refractivity contribution is 0.369. The van der Waals surface area contributed by atoms with Crippen molar-refractivity contribution < 1.29 is 8.78 Å². The van der Waals surface area contributed by atoms with Gasteiger partial charge in [-0.15, -0.1) is 24.0 Å². The van der Waals surface area contributed by atoms with Crippen LogP contribution < -0.4 is 10.2 Å². The van der Waals surface area contributed by atoms with E-state index < -0.39 is 11.6 Å². The van der Waals surface area contributed by atoms with Gasteiger partial charge in [-0.1, -0.05) is 0 Å². The summed E-state index contributed by atoms with van der Waals surface area (Å²) < 4.78 is 29.2. The molecular weight excluding hydrogens is 465 g/mol. The Kier molecular flexibility index (Phi) is 7.81. The number of piperazine rings is 1. The summed E-state index contributed by atoms with van der Waals surface area (Å²) in [4.78, 5) is 8.32. The van der Waals surface area contributed by atoms with Gasteiger partial charge in [0.05, 0.1) is 18.4 Å². The van der Waals surface area contributed by atoms with Gasteiger partial charge in [0.25, 0.3) is 0 Å². The molecule has 9 heteroatoms. The first-order valence-corrected chi connectivity index (χ1v) is 8.71. The Bertz CT molecular complexity index is 771. The summed E-state index contributed by atoms with van der Waals surface area (Å²) in [6.07, 6.45) is 3.83. The van der Waals surface area contributed by atoms with E-state index in [2.05, 4.69) is 20.3 Å². The van der Waals surface area contributed by atoms with E-state index in [1.54, 1.807) is 7.05 Å². The smallest absolute Gasteiger partial charge is 0.193 e. The van der Waals surface area contributed by atoms with Crippen LogP contribution in [0.15, 0.2) is 35.6 Å². The molecule has 1 saturated heterocycles. The monoisotopic (exact) mass is 490 g/mol. The van der Waals surface area contributed by atoms with E-state index in [-0.39, 0.29) is 24.0 Å². The molecule has 1 fully saturated rings. The molecule has 148 valence electrons. The minimum Gasteiger partial charge on any atom is -0.366 e. The summed E-state index contributed by atoms with van der Waals surface area (Å²) in [7, 11) is 1.75. The van der Waals surface area contributed by atoms with E-state index in [4.69, 9.17) is 0 Å². The van der Waals surface area contributed by atoms with Gasteiger partial charge in [-0.25, -0.2) is 8.78 Å². The minimum absolute atomic E-state index is 0. The number of anilines is 1. The van der Waals surface area contributed by atoms with Crippen molar-refractivity contribution in [3.8, 4) is 0 Å². The summed E-state index contributed by atoms with van der Waals surface area (Å²) >= 11 is 0. The molecule has 1 aliphatic rings. The Hall–Kier alpha value is -1.91. The molecule has 1 N–H and O–H groups in total. The average molecular weight is 490 g/mol. The molecule has 0 aliphatic carbocycles. The van der Waals surface area contributed by atoms with Crippen molar-refractivity contribution in [1.29, 1.82) is 0 Å². The second-order valence-electron chi connectivity index (χ2n) is 6.32. The maximum absolute atomic E-state index is 13.9. The highest BCUT2D eigenvalue weighted by atomic mass is 127. The van der Waals surface area contributed by atoms with Gasteiger partial charge < -0.3 is 15.1 Å². The molecule has 2 aromatic rings. The van der Waals surface area contributed by atoms with Gasteiger partial charge in [-0.05, 0) is 24.6 Å². The van der Waals surface area contributed by atoms with Gasteiger partial charge in [0, 0.05) is 52.0 Å². The van der Waals surface area contributed by atoms with Gasteiger partial charge in [-0.3, -0.25) is 9.67 Å². The van der Waals surface area contributed by atoms with Crippen LogP contribution in [-0.4, -0.2) is 60.4 Å². The van der Waals surface area contributed by atoms with Crippen molar-refractivity contribution in [2.45, 2.75) is 13.5 Å². The Balaban J connectivity index is 0.00000261. The molecule has 1 aromatic heterocycles. The van der Waals surface area contributed by atoms with Gasteiger partial charge in [-0.2, -0.15) is 5.10 Å². The molecule has 0 spiro atoms. The highest BCUT2D eigenvalue weighted by Gasteiger charge is 2.21. The van der Waals surface area contributed by atoms with Gasteiger partial charge in [0.1, 0.15) is 11.6 Å². The molecule has 6 nitrogen and oxygen atoms in total. The van der Waals surface area contributed by atoms with Crippen LogP contribution in [0.4, 0.5) is 14.5 Å². The number of benzene rings is 1. The van der Waals surface area contributed by atoms with Gasteiger partial charge >= 0.3 is 0 Å². The SMILES string of the molecule is CN=C(NCCn1cc(C)cn1)N1CCN(c2cc(F)ccc2F)CC1.I. The van der Waals surface area contributed by atoms with Crippen LogP contribution in [0.1, 0.15) is 5.56 Å². The lowest BCUT2D eigenvalue weighted by Crippen LogP contribution is -2.53. The van der Waals surface area contributed by atoms with Crippen LogP contribution in [0.2, 0.25) is 0 Å². The Labute approximate surface area is 175 Å². The van der Waals surface area contributed by atoms with Crippen molar-refractivity contribution in [2.24, 2.45) is 4.99 Å². The molecule has 0 unspecified atom stereocenters. The van der Waals surface area contributed by atoms with Crippen molar-refractivity contribution in [3.05, 3.63) is 47.8 Å². The van der Waals surface area contributed by atoms with Crippen molar-refractivity contribution in [1.82, 2.24) is 20.0 Å². The lowest BCUT2D eigenvalue weighted by atomic mass is 10.2. The topological polar surface area (TPSA) is 48.7 Å². The zero-order chi connectivity index (χ0) is 18.5. The molecule has 27 heavy (non-hydrogen) atoms. The van der Waals surface area contributed by atoms with Crippen LogP contribution in [-0.2, 0) is 6.54 Å². The number of rotatable bonds is 4. The Morgan fingerprint density at radius 1 is 1.22 bits per heavy atom. The van der Waals surface area contributed by atoms with Crippen LogP contribution in [0, 0.1) is 18.6 Å². The number of halogens is 3. The van der Waals surface area contributed by atoms with Crippen molar-refractivity contribution in [2.75, 3.05) is 44.7 Å². The first-order chi connectivity index (χ1) is 12.6. The largest absolute Gasteiger partial charge is 0.366 e. The lowest BCUT2D eigenvalue weighted by Gasteiger charge is -2.37. The van der Waals surface area contributed by atoms with Crippen molar-refractivity contribution in [3.63, 3.8) is 0 Å². The maximum atomic E-state index is 13.9. The number of hydrogen-bond acceptors (Lipinski definition) is 3. The normalized spacial score (nSPS) is 14.9. The Morgan fingerprint density at radius 3 is 2.59 bits per heavy atom. The number of aliphatic imine (C=N–C) groups is 1.